The van der Waals surface area contributed by atoms with E-state index >= 15 is 0 Å². The average molecular weight is 276 g/mol. The molecule has 0 saturated carbocycles. The van der Waals surface area contributed by atoms with Gasteiger partial charge < -0.3 is 0 Å². The molecular weight excluding hydrogens is 265 g/mol. The second kappa shape index (κ2) is 5.34. The van der Waals surface area contributed by atoms with Crippen molar-refractivity contribution in [2.75, 3.05) is 11.7 Å². The predicted octanol–water partition coefficient (Wildman–Crippen LogP) is 0.365. The van der Waals surface area contributed by atoms with Crippen LogP contribution in [0.25, 0.3) is 5.78 Å². The highest BCUT2D eigenvalue weighted by molar-refractivity contribution is 5.42. The molecule has 2 aromatic rings. The van der Waals surface area contributed by atoms with Gasteiger partial charge in [0, 0.05) is 12.3 Å². The normalized spacial score (nSPS) is 13.4. The first-order valence-corrected chi connectivity index (χ1v) is 5.23. The molecule has 0 bridgehead atoms. The zero-order valence-electron chi connectivity index (χ0n) is 9.86. The van der Waals surface area contributed by atoms with Gasteiger partial charge >= 0.3 is 0 Å². The van der Waals surface area contributed by atoms with Crippen LogP contribution in [0, 0.1) is 0 Å². The Morgan fingerprint density at radius 3 is 2.79 bits per heavy atom. The van der Waals surface area contributed by atoms with Gasteiger partial charge in [0.15, 0.2) is 5.82 Å². The molecule has 0 saturated heterocycles. The zero-order valence-corrected chi connectivity index (χ0v) is 9.86. The SMILES string of the molecule is CC(F)CN(N(F)F)N(N)c1ccnc2ncnn12. The van der Waals surface area contributed by atoms with Gasteiger partial charge in [-0.2, -0.15) is 14.6 Å². The van der Waals surface area contributed by atoms with Gasteiger partial charge in [-0.1, -0.05) is 14.1 Å². The van der Waals surface area contributed by atoms with E-state index in [1.54, 1.807) is 0 Å². The quantitative estimate of drug-likeness (QED) is 0.480. The first kappa shape index (κ1) is 13.5. The van der Waals surface area contributed by atoms with Gasteiger partial charge in [0.05, 0.1) is 6.54 Å². The highest BCUT2D eigenvalue weighted by atomic mass is 19.4. The molecule has 0 aliphatic carbocycles. The number of rotatable bonds is 5. The Morgan fingerprint density at radius 2 is 2.16 bits per heavy atom. The Morgan fingerprint density at radius 1 is 1.42 bits per heavy atom. The van der Waals surface area contributed by atoms with Gasteiger partial charge in [-0.15, -0.1) is 0 Å². The van der Waals surface area contributed by atoms with Crippen LogP contribution in [0.2, 0.25) is 0 Å². The molecule has 19 heavy (non-hydrogen) atoms. The summed E-state index contributed by atoms with van der Waals surface area (Å²) in [4.78, 5) is 7.65. The summed E-state index contributed by atoms with van der Waals surface area (Å²) in [6, 6.07) is 1.35. The van der Waals surface area contributed by atoms with Crippen LogP contribution >= 0.6 is 0 Å². The van der Waals surface area contributed by atoms with Crippen LogP contribution in [-0.2, 0) is 0 Å². The Hall–Kier alpha value is -1.98. The van der Waals surface area contributed by atoms with E-state index in [9.17, 15) is 13.4 Å². The number of aromatic nitrogens is 4. The van der Waals surface area contributed by atoms with Crippen molar-refractivity contribution in [1.29, 1.82) is 0 Å². The highest BCUT2D eigenvalue weighted by Crippen LogP contribution is 2.15. The van der Waals surface area contributed by atoms with Gasteiger partial charge in [0.1, 0.15) is 18.0 Å². The predicted molar refractivity (Wildman–Crippen MR) is 58.8 cm³/mol. The third-order valence-corrected chi connectivity index (χ3v) is 2.23. The van der Waals surface area contributed by atoms with E-state index in [1.165, 1.54) is 18.6 Å². The van der Waals surface area contributed by atoms with Crippen LogP contribution in [0.4, 0.5) is 19.2 Å². The third kappa shape index (κ3) is 2.72. The maximum absolute atomic E-state index is 12.9. The molecule has 2 heterocycles. The van der Waals surface area contributed by atoms with E-state index in [0.717, 1.165) is 11.4 Å². The molecule has 0 aromatic carbocycles. The summed E-state index contributed by atoms with van der Waals surface area (Å²) >= 11 is 0. The number of nitrogens with two attached hydrogens (primary N) is 1. The summed E-state index contributed by atoms with van der Waals surface area (Å²) in [7, 11) is 0. The molecule has 1 unspecified atom stereocenters. The summed E-state index contributed by atoms with van der Waals surface area (Å²) in [6.45, 7) is 0.518. The second-order valence-electron chi connectivity index (χ2n) is 3.67. The Bertz CT molecular complexity index is 544. The highest BCUT2D eigenvalue weighted by Gasteiger charge is 2.25. The monoisotopic (exact) mass is 276 g/mol. The van der Waals surface area contributed by atoms with E-state index in [2.05, 4.69) is 15.1 Å². The lowest BCUT2D eigenvalue weighted by molar-refractivity contribution is -0.309. The number of halogens is 3. The summed E-state index contributed by atoms with van der Waals surface area (Å²) in [6.07, 6.45) is 1.02. The van der Waals surface area contributed by atoms with Gasteiger partial charge in [0.2, 0.25) is 0 Å². The van der Waals surface area contributed by atoms with Crippen LogP contribution in [0.1, 0.15) is 6.92 Å². The van der Waals surface area contributed by atoms with E-state index in [0.29, 0.717) is 5.12 Å². The van der Waals surface area contributed by atoms with E-state index in [1.807, 2.05) is 0 Å². The molecule has 0 radical (unpaired) electrons. The number of alkyl halides is 1. The van der Waals surface area contributed by atoms with Gasteiger partial charge in [0.25, 0.3) is 5.78 Å². The standard InChI is InChI=1S/C8H11F3N8/c1-6(9)4-16(19(10)11)18(12)7-2-3-13-8-14-5-15-17(7)8/h2-3,5-6H,4,12H2,1H3. The minimum atomic E-state index is -1.51. The van der Waals surface area contributed by atoms with Crippen LogP contribution in [0.3, 0.4) is 0 Å². The van der Waals surface area contributed by atoms with Crippen molar-refractivity contribution < 1.29 is 13.4 Å². The van der Waals surface area contributed by atoms with Crippen LogP contribution < -0.4 is 11.0 Å². The fourth-order valence-electron chi connectivity index (χ4n) is 1.47. The molecule has 104 valence electrons. The first-order valence-electron chi connectivity index (χ1n) is 5.23. The maximum Gasteiger partial charge on any atom is 0.254 e. The molecule has 1 atom stereocenters. The zero-order chi connectivity index (χ0) is 14.0. The van der Waals surface area contributed by atoms with Crippen molar-refractivity contribution in [3.05, 3.63) is 18.6 Å². The third-order valence-electron chi connectivity index (χ3n) is 2.23. The number of hydrogen-bond acceptors (Lipinski definition) is 7. The Kier molecular flexibility index (Phi) is 3.78. The number of hydrazine groups is 3. The van der Waals surface area contributed by atoms with Crippen molar-refractivity contribution >= 4 is 11.6 Å². The summed E-state index contributed by atoms with van der Waals surface area (Å²) in [5, 5.41) is 4.59. The Balaban J connectivity index is 2.35. The van der Waals surface area contributed by atoms with Crippen LogP contribution in [-0.4, -0.2) is 42.9 Å². The van der Waals surface area contributed by atoms with Crippen LogP contribution in [0.5, 0.6) is 0 Å². The first-order chi connectivity index (χ1) is 9.00. The number of nitrogens with zero attached hydrogens (tertiary/aromatic N) is 7. The molecule has 2 rings (SSSR count). The molecule has 8 nitrogen and oxygen atoms in total. The number of hydrogen-bond donors (Lipinski definition) is 1. The Labute approximate surface area is 105 Å². The molecule has 0 amide bonds. The molecular formula is C8H11F3N8. The average Bonchev–Trinajstić information content (AvgIpc) is 2.82. The molecule has 0 aliphatic rings. The van der Waals surface area contributed by atoms with Crippen molar-refractivity contribution in [3.63, 3.8) is 0 Å². The van der Waals surface area contributed by atoms with Crippen molar-refractivity contribution in [2.24, 2.45) is 5.84 Å². The minimum Gasteiger partial charge on any atom is -0.246 e. The van der Waals surface area contributed by atoms with E-state index < -0.39 is 18.2 Å². The van der Waals surface area contributed by atoms with E-state index in [-0.39, 0.29) is 16.7 Å². The lowest BCUT2D eigenvalue weighted by atomic mass is 10.4. The van der Waals surface area contributed by atoms with Gasteiger partial charge in [-0.05, 0) is 6.92 Å². The molecule has 11 heteroatoms. The van der Waals surface area contributed by atoms with Gasteiger partial charge in [-0.25, -0.2) is 20.3 Å². The maximum atomic E-state index is 12.9. The topological polar surface area (TPSA) is 78.8 Å². The lowest BCUT2D eigenvalue weighted by Crippen LogP contribution is -2.54. The van der Waals surface area contributed by atoms with E-state index in [4.69, 9.17) is 5.84 Å². The fraction of sp³-hybridized carbons (Fsp3) is 0.375. The smallest absolute Gasteiger partial charge is 0.246 e. The van der Waals surface area contributed by atoms with Crippen molar-refractivity contribution in [1.82, 2.24) is 30.2 Å². The van der Waals surface area contributed by atoms with Crippen LogP contribution in [0.15, 0.2) is 18.6 Å². The molecule has 0 fully saturated rings. The molecule has 0 aliphatic heterocycles. The summed E-state index contributed by atoms with van der Waals surface area (Å²) in [5.74, 6) is 5.81. The lowest BCUT2D eigenvalue weighted by Gasteiger charge is -2.30. The molecule has 2 N–H and O–H groups in total. The fourth-order valence-corrected chi connectivity index (χ4v) is 1.47. The summed E-state index contributed by atoms with van der Waals surface area (Å²) < 4.78 is 39.5. The molecule has 0 spiro atoms. The summed E-state index contributed by atoms with van der Waals surface area (Å²) in [5.41, 5.74) is -1.31. The number of anilines is 1. The minimum absolute atomic E-state index is 0.0588. The van der Waals surface area contributed by atoms with Crippen molar-refractivity contribution in [3.8, 4) is 0 Å². The molecule has 2 aromatic heterocycles. The largest absolute Gasteiger partial charge is 0.254 e. The number of fused-ring (bicyclic) bond motifs is 1. The van der Waals surface area contributed by atoms with Crippen molar-refractivity contribution in [2.45, 2.75) is 13.1 Å². The second-order valence-corrected chi connectivity index (χ2v) is 3.67. The van der Waals surface area contributed by atoms with Gasteiger partial charge in [-0.3, -0.25) is 0 Å².